The summed E-state index contributed by atoms with van der Waals surface area (Å²) < 4.78 is 1.10. The molecule has 1 aromatic carbocycles. The van der Waals surface area contributed by atoms with Crippen molar-refractivity contribution in [2.45, 2.75) is 20.4 Å². The standard InChI is InChI=1S/C12H13BrN2S/c1-7-5-9(13)3-4-10(7)12-15-8(2)11(6-14)16-12/h3-5H,6,14H2,1-2H3. The Balaban J connectivity index is 2.50. The maximum Gasteiger partial charge on any atom is 0.124 e. The fourth-order valence-corrected chi connectivity index (χ4v) is 3.11. The molecule has 0 spiro atoms. The maximum atomic E-state index is 5.67. The Kier molecular flexibility index (Phi) is 3.42. The lowest BCUT2D eigenvalue weighted by molar-refractivity contribution is 1.06. The van der Waals surface area contributed by atoms with Crippen molar-refractivity contribution in [1.82, 2.24) is 4.98 Å². The van der Waals surface area contributed by atoms with Crippen molar-refractivity contribution in [1.29, 1.82) is 0 Å². The Labute approximate surface area is 108 Å². The minimum Gasteiger partial charge on any atom is -0.326 e. The SMILES string of the molecule is Cc1cc(Br)ccc1-c1nc(C)c(CN)s1. The van der Waals surface area contributed by atoms with Crippen LogP contribution in [-0.2, 0) is 6.54 Å². The first-order valence-corrected chi connectivity index (χ1v) is 6.65. The van der Waals surface area contributed by atoms with Gasteiger partial charge in [-0.1, -0.05) is 22.0 Å². The molecule has 0 radical (unpaired) electrons. The van der Waals surface area contributed by atoms with Crippen LogP contribution in [0.5, 0.6) is 0 Å². The Morgan fingerprint density at radius 1 is 1.38 bits per heavy atom. The molecule has 2 rings (SSSR count). The number of aromatic nitrogens is 1. The van der Waals surface area contributed by atoms with Gasteiger partial charge >= 0.3 is 0 Å². The first-order valence-electron chi connectivity index (χ1n) is 5.04. The van der Waals surface area contributed by atoms with Gasteiger partial charge in [0.25, 0.3) is 0 Å². The van der Waals surface area contributed by atoms with E-state index in [1.54, 1.807) is 11.3 Å². The Hall–Kier alpha value is -0.710. The summed E-state index contributed by atoms with van der Waals surface area (Å²) in [5.74, 6) is 0. The Bertz CT molecular complexity index is 520. The molecule has 0 saturated heterocycles. The second kappa shape index (κ2) is 4.65. The van der Waals surface area contributed by atoms with Crippen LogP contribution in [0.15, 0.2) is 22.7 Å². The molecular formula is C12H13BrN2S. The molecule has 2 nitrogen and oxygen atoms in total. The summed E-state index contributed by atoms with van der Waals surface area (Å²) >= 11 is 5.15. The zero-order valence-electron chi connectivity index (χ0n) is 9.25. The predicted octanol–water partition coefficient (Wildman–Crippen LogP) is 3.65. The van der Waals surface area contributed by atoms with Gasteiger partial charge in [-0.05, 0) is 31.5 Å². The minimum absolute atomic E-state index is 0.569. The highest BCUT2D eigenvalue weighted by molar-refractivity contribution is 9.10. The lowest BCUT2D eigenvalue weighted by Gasteiger charge is -2.02. The van der Waals surface area contributed by atoms with Crippen LogP contribution in [0, 0.1) is 13.8 Å². The normalized spacial score (nSPS) is 10.8. The number of aryl methyl sites for hydroxylation is 2. The maximum absolute atomic E-state index is 5.67. The van der Waals surface area contributed by atoms with Crippen molar-refractivity contribution in [2.75, 3.05) is 0 Å². The minimum atomic E-state index is 0.569. The summed E-state index contributed by atoms with van der Waals surface area (Å²) in [6, 6.07) is 6.24. The fourth-order valence-electron chi connectivity index (χ4n) is 1.60. The van der Waals surface area contributed by atoms with Gasteiger partial charge in [-0.3, -0.25) is 0 Å². The number of benzene rings is 1. The third kappa shape index (κ3) is 2.19. The van der Waals surface area contributed by atoms with Crippen LogP contribution in [0.25, 0.3) is 10.6 Å². The molecule has 1 aromatic heterocycles. The molecule has 0 aliphatic carbocycles. The van der Waals surface area contributed by atoms with Crippen molar-refractivity contribution >= 4 is 27.3 Å². The molecule has 84 valence electrons. The highest BCUT2D eigenvalue weighted by atomic mass is 79.9. The summed E-state index contributed by atoms with van der Waals surface area (Å²) in [7, 11) is 0. The summed E-state index contributed by atoms with van der Waals surface area (Å²) in [5, 5.41) is 1.06. The molecule has 0 unspecified atom stereocenters. The van der Waals surface area contributed by atoms with Crippen LogP contribution in [0.2, 0.25) is 0 Å². The van der Waals surface area contributed by atoms with Crippen molar-refractivity contribution in [3.05, 3.63) is 38.8 Å². The van der Waals surface area contributed by atoms with Gasteiger partial charge in [-0.2, -0.15) is 0 Å². The van der Waals surface area contributed by atoms with Crippen LogP contribution in [0.3, 0.4) is 0 Å². The predicted molar refractivity (Wildman–Crippen MR) is 72.6 cm³/mol. The molecule has 0 aliphatic rings. The van der Waals surface area contributed by atoms with Crippen LogP contribution >= 0.6 is 27.3 Å². The molecule has 4 heteroatoms. The van der Waals surface area contributed by atoms with Gasteiger partial charge in [0.15, 0.2) is 0 Å². The van der Waals surface area contributed by atoms with Crippen LogP contribution in [-0.4, -0.2) is 4.98 Å². The van der Waals surface area contributed by atoms with Crippen molar-refractivity contribution in [3.8, 4) is 10.6 Å². The number of hydrogen-bond donors (Lipinski definition) is 1. The zero-order valence-corrected chi connectivity index (χ0v) is 11.7. The average molecular weight is 297 g/mol. The number of halogens is 1. The van der Waals surface area contributed by atoms with Crippen LogP contribution in [0.1, 0.15) is 16.1 Å². The monoisotopic (exact) mass is 296 g/mol. The third-order valence-corrected chi connectivity index (χ3v) is 4.20. The molecular weight excluding hydrogens is 284 g/mol. The van der Waals surface area contributed by atoms with Gasteiger partial charge in [0, 0.05) is 21.5 Å². The molecule has 0 saturated carbocycles. The topological polar surface area (TPSA) is 38.9 Å². The van der Waals surface area contributed by atoms with E-state index in [9.17, 15) is 0 Å². The molecule has 0 fully saturated rings. The quantitative estimate of drug-likeness (QED) is 0.919. The van der Waals surface area contributed by atoms with Gasteiger partial charge in [-0.25, -0.2) is 4.98 Å². The van der Waals surface area contributed by atoms with E-state index in [2.05, 4.69) is 40.0 Å². The number of hydrogen-bond acceptors (Lipinski definition) is 3. The van der Waals surface area contributed by atoms with Gasteiger partial charge in [0.2, 0.25) is 0 Å². The summed E-state index contributed by atoms with van der Waals surface area (Å²) in [6.45, 7) is 4.68. The van der Waals surface area contributed by atoms with Crippen molar-refractivity contribution < 1.29 is 0 Å². The number of rotatable bonds is 2. The van der Waals surface area contributed by atoms with Crippen molar-refractivity contribution in [3.63, 3.8) is 0 Å². The average Bonchev–Trinajstić information content (AvgIpc) is 2.59. The second-order valence-electron chi connectivity index (χ2n) is 3.69. The van der Waals surface area contributed by atoms with Gasteiger partial charge in [0.05, 0.1) is 5.69 Å². The third-order valence-electron chi connectivity index (χ3n) is 2.50. The molecule has 2 N–H and O–H groups in total. The number of nitrogens with zero attached hydrogens (tertiary/aromatic N) is 1. The molecule has 0 bridgehead atoms. The highest BCUT2D eigenvalue weighted by Gasteiger charge is 2.10. The number of thiazole rings is 1. The van der Waals surface area contributed by atoms with E-state index in [0.717, 1.165) is 20.1 Å². The molecule has 2 aromatic rings. The highest BCUT2D eigenvalue weighted by Crippen LogP contribution is 2.31. The summed E-state index contributed by atoms with van der Waals surface area (Å²) in [5.41, 5.74) is 9.13. The Morgan fingerprint density at radius 3 is 2.69 bits per heavy atom. The largest absolute Gasteiger partial charge is 0.326 e. The van der Waals surface area contributed by atoms with Gasteiger partial charge < -0.3 is 5.73 Å². The summed E-state index contributed by atoms with van der Waals surface area (Å²) in [4.78, 5) is 5.73. The van der Waals surface area contributed by atoms with E-state index in [0.29, 0.717) is 6.54 Å². The van der Waals surface area contributed by atoms with E-state index in [1.807, 2.05) is 13.0 Å². The molecule has 1 heterocycles. The van der Waals surface area contributed by atoms with Gasteiger partial charge in [0.1, 0.15) is 5.01 Å². The first kappa shape index (κ1) is 11.8. The van der Waals surface area contributed by atoms with Crippen molar-refractivity contribution in [2.24, 2.45) is 5.73 Å². The van der Waals surface area contributed by atoms with E-state index in [1.165, 1.54) is 11.1 Å². The smallest absolute Gasteiger partial charge is 0.124 e. The van der Waals surface area contributed by atoms with Gasteiger partial charge in [-0.15, -0.1) is 11.3 Å². The first-order chi connectivity index (χ1) is 7.61. The number of nitrogens with two attached hydrogens (primary N) is 1. The zero-order chi connectivity index (χ0) is 11.7. The van der Waals surface area contributed by atoms with E-state index in [-0.39, 0.29) is 0 Å². The molecule has 0 amide bonds. The molecule has 16 heavy (non-hydrogen) atoms. The second-order valence-corrected chi connectivity index (χ2v) is 5.69. The van der Waals surface area contributed by atoms with Crippen LogP contribution in [0.4, 0.5) is 0 Å². The lowest BCUT2D eigenvalue weighted by atomic mass is 10.1. The lowest BCUT2D eigenvalue weighted by Crippen LogP contribution is -1.94. The van der Waals surface area contributed by atoms with E-state index >= 15 is 0 Å². The van der Waals surface area contributed by atoms with E-state index < -0.39 is 0 Å². The molecule has 0 atom stereocenters. The van der Waals surface area contributed by atoms with Crippen LogP contribution < -0.4 is 5.73 Å². The Morgan fingerprint density at radius 2 is 2.12 bits per heavy atom. The summed E-state index contributed by atoms with van der Waals surface area (Å²) in [6.07, 6.45) is 0. The van der Waals surface area contributed by atoms with E-state index in [4.69, 9.17) is 5.73 Å². The fraction of sp³-hybridized carbons (Fsp3) is 0.250. The molecule has 0 aliphatic heterocycles.